The number of carbonyl (C=O) groups is 1. The van der Waals surface area contributed by atoms with E-state index in [1.807, 2.05) is 0 Å². The molecule has 1 aromatic rings. The maximum absolute atomic E-state index is 10.5. The zero-order valence-corrected chi connectivity index (χ0v) is 11.8. The van der Waals surface area contributed by atoms with Crippen LogP contribution in [0, 0.1) is 0 Å². The van der Waals surface area contributed by atoms with Gasteiger partial charge in [0.1, 0.15) is 0 Å². The van der Waals surface area contributed by atoms with Crippen molar-refractivity contribution in [1.29, 1.82) is 0 Å². The molecule has 3 rings (SSSR count). The molecule has 0 spiro atoms. The molecule has 18 heavy (non-hydrogen) atoms. The molecule has 0 bridgehead atoms. The fourth-order valence-corrected chi connectivity index (χ4v) is 2.09. The molecule has 1 amide bonds. The van der Waals surface area contributed by atoms with E-state index in [0.29, 0.717) is 0 Å². The number of nitrogens with two attached hydrogens (primary N) is 1. The normalized spacial score (nSPS) is 11.5. The van der Waals surface area contributed by atoms with Crippen molar-refractivity contribution in [2.24, 2.45) is 5.73 Å². The Kier molecular flexibility index (Phi) is 3.77. The summed E-state index contributed by atoms with van der Waals surface area (Å²) in [5, 5.41) is 0.0244. The second-order valence-corrected chi connectivity index (χ2v) is 6.40. The summed E-state index contributed by atoms with van der Waals surface area (Å²) >= 11 is 17.1. The number of nitrogens with zero attached hydrogens (tertiary/aromatic N) is 2. The lowest BCUT2D eigenvalue weighted by Gasteiger charge is -2.02. The van der Waals surface area contributed by atoms with Gasteiger partial charge < -0.3 is 5.73 Å². The lowest BCUT2D eigenvalue weighted by molar-refractivity contribution is 0.1000. The van der Waals surface area contributed by atoms with E-state index in [9.17, 15) is 4.79 Å². The smallest absolute Gasteiger partial charge is 0.279 e. The Morgan fingerprint density at radius 3 is 2.11 bits per heavy atom. The van der Waals surface area contributed by atoms with Gasteiger partial charge in [-0.05, 0) is 28.7 Å². The molecule has 0 fully saturated rings. The van der Waals surface area contributed by atoms with Gasteiger partial charge in [-0.25, -0.2) is 4.98 Å². The number of benzene rings is 1. The van der Waals surface area contributed by atoms with Crippen molar-refractivity contribution < 1.29 is 4.79 Å². The molecule has 1 aromatic heterocycles. The minimum atomic E-state index is -1.70. The largest absolute Gasteiger partial charge is 0.363 e. The summed E-state index contributed by atoms with van der Waals surface area (Å²) in [6.07, 6.45) is 0. The predicted molar refractivity (Wildman–Crippen MR) is 73.1 cm³/mol. The average Bonchev–Trinajstić information content (AvgIpc) is 2.74. The van der Waals surface area contributed by atoms with Crippen LogP contribution in [0.5, 0.6) is 0 Å². The van der Waals surface area contributed by atoms with Gasteiger partial charge in [-0.1, -0.05) is 53.0 Å². The molecule has 0 unspecified atom stereocenters. The highest BCUT2D eigenvalue weighted by molar-refractivity contribution is 7.07. The van der Waals surface area contributed by atoms with Crippen LogP contribution in [0.4, 0.5) is 0 Å². The Morgan fingerprint density at radius 1 is 1.28 bits per heavy atom. The van der Waals surface area contributed by atoms with Crippen LogP contribution in [0.2, 0.25) is 0 Å². The monoisotopic (exact) mass is 321 g/mol. The lowest BCUT2D eigenvalue weighted by atomic mass is 10.6. The van der Waals surface area contributed by atoms with Gasteiger partial charge in [-0.3, -0.25) is 4.79 Å². The Bertz CT molecular complexity index is 577. The molecule has 2 N–H and O–H groups in total. The third kappa shape index (κ3) is 3.32. The predicted octanol–water partition coefficient (Wildman–Crippen LogP) is 3.13. The molecule has 0 saturated heterocycles. The van der Waals surface area contributed by atoms with Gasteiger partial charge in [0, 0.05) is 0 Å². The number of carbonyl (C=O) groups excluding carboxylic acids is 1. The summed E-state index contributed by atoms with van der Waals surface area (Å²) in [5.41, 5.74) is 7.76. The van der Waals surface area contributed by atoms with E-state index in [-0.39, 0.29) is 10.8 Å². The molecule has 0 atom stereocenters. The highest BCUT2D eigenvalue weighted by atomic mass is 35.6. The summed E-state index contributed by atoms with van der Waals surface area (Å²) in [4.78, 5) is 14.2. The number of hydrogen-bond donors (Lipinski definition) is 1. The highest BCUT2D eigenvalue weighted by Crippen LogP contribution is 2.36. The topological polar surface area (TPSA) is 68.9 Å². The number of hydrogen-bond acceptors (Lipinski definition) is 4. The van der Waals surface area contributed by atoms with Crippen molar-refractivity contribution in [3.63, 3.8) is 0 Å². The van der Waals surface area contributed by atoms with E-state index in [4.69, 9.17) is 40.5 Å². The summed E-state index contributed by atoms with van der Waals surface area (Å²) in [5.74, 6) is -0.723. The van der Waals surface area contributed by atoms with Crippen LogP contribution < -0.4 is 5.73 Å². The van der Waals surface area contributed by atoms with Gasteiger partial charge in [0.15, 0.2) is 5.82 Å². The zero-order valence-electron chi connectivity index (χ0n) is 8.73. The fraction of sp³-hybridized carbons (Fsp3) is 0.100. The van der Waals surface area contributed by atoms with Crippen molar-refractivity contribution >= 4 is 52.2 Å². The number of amides is 1. The van der Waals surface area contributed by atoms with E-state index in [2.05, 4.69) is 33.6 Å². The quantitative estimate of drug-likeness (QED) is 0.700. The maximum Gasteiger partial charge on any atom is 0.279 e. The van der Waals surface area contributed by atoms with Gasteiger partial charge in [-0.2, -0.15) is 4.37 Å². The molecule has 0 aromatic carbocycles. The molecule has 2 aliphatic rings. The van der Waals surface area contributed by atoms with Crippen LogP contribution in [0.15, 0.2) is 24.3 Å². The molecule has 0 saturated carbocycles. The van der Waals surface area contributed by atoms with Gasteiger partial charge >= 0.3 is 0 Å². The number of alkyl halides is 3. The third-order valence-electron chi connectivity index (χ3n) is 2.00. The van der Waals surface area contributed by atoms with Crippen molar-refractivity contribution in [3.05, 3.63) is 35.1 Å². The number of rotatable bonds is 1. The standard InChI is InChI=1S/C6H4.C4H2Cl3N3OS/c1-2-5-4-6(5)3-1;5-4(6,7)3-9-2(1(8)11)12-10-3/h1-4H;(H2,8,11). The van der Waals surface area contributed by atoms with Crippen molar-refractivity contribution in [1.82, 2.24) is 9.36 Å². The minimum Gasteiger partial charge on any atom is -0.363 e. The summed E-state index contributed by atoms with van der Waals surface area (Å²) < 4.78 is 1.94. The average molecular weight is 323 g/mol. The highest BCUT2D eigenvalue weighted by Gasteiger charge is 2.29. The summed E-state index contributed by atoms with van der Waals surface area (Å²) in [6.45, 7) is 0. The van der Waals surface area contributed by atoms with E-state index in [0.717, 1.165) is 11.5 Å². The summed E-state index contributed by atoms with van der Waals surface area (Å²) in [6, 6.07) is 8.48. The molecule has 2 aliphatic carbocycles. The number of aromatic nitrogens is 2. The Hall–Kier alpha value is -0.880. The maximum atomic E-state index is 10.5. The fourth-order valence-electron chi connectivity index (χ4n) is 1.11. The Balaban J connectivity index is 0.000000164. The minimum absolute atomic E-state index is 0.0244. The number of halogens is 3. The van der Waals surface area contributed by atoms with Crippen LogP contribution in [-0.4, -0.2) is 15.3 Å². The molecule has 0 aliphatic heterocycles. The van der Waals surface area contributed by atoms with E-state index in [1.54, 1.807) is 0 Å². The zero-order chi connectivity index (χ0) is 13.3. The van der Waals surface area contributed by atoms with Crippen LogP contribution in [0.25, 0.3) is 11.1 Å². The van der Waals surface area contributed by atoms with Crippen LogP contribution in [-0.2, 0) is 3.79 Å². The van der Waals surface area contributed by atoms with Gasteiger partial charge in [-0.15, -0.1) is 0 Å². The first-order valence-electron chi connectivity index (χ1n) is 4.69. The summed E-state index contributed by atoms with van der Waals surface area (Å²) in [7, 11) is 0. The molecule has 94 valence electrons. The van der Waals surface area contributed by atoms with Gasteiger partial charge in [0.2, 0.25) is 5.01 Å². The van der Waals surface area contributed by atoms with Crippen molar-refractivity contribution in [2.75, 3.05) is 0 Å². The second kappa shape index (κ2) is 5.01. The Labute approximate surface area is 122 Å². The SMILES string of the molecule is NC(=O)c1nc(C(Cl)(Cl)Cl)ns1.c1cc2cc-2c1. The van der Waals surface area contributed by atoms with E-state index in [1.165, 1.54) is 11.1 Å². The molecular weight excluding hydrogens is 317 g/mol. The van der Waals surface area contributed by atoms with Crippen molar-refractivity contribution in [2.45, 2.75) is 3.79 Å². The van der Waals surface area contributed by atoms with Crippen LogP contribution in [0.1, 0.15) is 15.6 Å². The first-order chi connectivity index (χ1) is 8.38. The van der Waals surface area contributed by atoms with Crippen LogP contribution in [0.3, 0.4) is 0 Å². The molecule has 0 radical (unpaired) electrons. The second-order valence-electron chi connectivity index (χ2n) is 3.37. The first-order valence-corrected chi connectivity index (χ1v) is 6.60. The van der Waals surface area contributed by atoms with E-state index >= 15 is 0 Å². The molecule has 1 heterocycles. The number of primary amides is 1. The third-order valence-corrected chi connectivity index (χ3v) is 3.24. The van der Waals surface area contributed by atoms with E-state index < -0.39 is 9.70 Å². The molecule has 4 nitrogen and oxygen atoms in total. The Morgan fingerprint density at radius 2 is 1.89 bits per heavy atom. The van der Waals surface area contributed by atoms with Gasteiger partial charge in [0.05, 0.1) is 0 Å². The number of fused-ring (bicyclic) bond motifs is 1. The van der Waals surface area contributed by atoms with Gasteiger partial charge in [0.25, 0.3) is 9.70 Å². The van der Waals surface area contributed by atoms with Crippen molar-refractivity contribution in [3.8, 4) is 11.1 Å². The lowest BCUT2D eigenvalue weighted by Crippen LogP contribution is -2.11. The van der Waals surface area contributed by atoms with Crippen LogP contribution >= 0.6 is 46.3 Å². The molecular formula is C10H6Cl3N3OS. The first kappa shape index (κ1) is 13.5. The molecule has 8 heteroatoms.